The van der Waals surface area contributed by atoms with E-state index in [-0.39, 0.29) is 0 Å². The first-order valence-electron chi connectivity index (χ1n) is 4.78. The summed E-state index contributed by atoms with van der Waals surface area (Å²) in [6, 6.07) is 12.2. The number of benzene rings is 1. The largest absolute Gasteiger partial charge is 0.339 e. The zero-order valence-corrected chi connectivity index (χ0v) is 10.1. The minimum absolute atomic E-state index is 0.347. The number of pyridine rings is 1. The topological polar surface area (TPSA) is 48.7 Å². The molecule has 0 atom stereocenters. The maximum absolute atomic E-state index is 8.74. The van der Waals surface area contributed by atoms with E-state index in [1.54, 1.807) is 36.4 Å². The first kappa shape index (κ1) is 11.7. The molecule has 0 saturated carbocycles. The van der Waals surface area contributed by atoms with Gasteiger partial charge < -0.3 is 5.32 Å². The highest BCUT2D eigenvalue weighted by Crippen LogP contribution is 2.27. The van der Waals surface area contributed by atoms with Crippen LogP contribution < -0.4 is 5.32 Å². The van der Waals surface area contributed by atoms with Crippen LogP contribution in [0.5, 0.6) is 0 Å². The van der Waals surface area contributed by atoms with Crippen molar-refractivity contribution in [3.63, 3.8) is 0 Å². The molecule has 0 bridgehead atoms. The Kier molecular flexibility index (Phi) is 3.48. The van der Waals surface area contributed by atoms with Crippen LogP contribution in [0.3, 0.4) is 0 Å². The zero-order valence-electron chi connectivity index (χ0n) is 8.61. The maximum atomic E-state index is 8.74. The fraction of sp³-hybridized carbons (Fsp3) is 0. The number of halogens is 2. The molecule has 1 aromatic carbocycles. The Morgan fingerprint density at radius 3 is 2.71 bits per heavy atom. The molecule has 0 aliphatic heterocycles. The van der Waals surface area contributed by atoms with E-state index in [1.807, 2.05) is 6.07 Å². The molecule has 1 heterocycles. The second kappa shape index (κ2) is 5.05. The van der Waals surface area contributed by atoms with Crippen LogP contribution >= 0.6 is 23.2 Å². The first-order valence-corrected chi connectivity index (χ1v) is 5.54. The molecule has 5 heteroatoms. The first-order chi connectivity index (χ1) is 8.19. The number of anilines is 2. The smallest absolute Gasteiger partial charge is 0.142 e. The van der Waals surface area contributed by atoms with E-state index in [2.05, 4.69) is 10.3 Å². The molecule has 84 valence electrons. The summed E-state index contributed by atoms with van der Waals surface area (Å²) in [6.45, 7) is 0. The average Bonchev–Trinajstić information content (AvgIpc) is 2.33. The molecular weight excluding hydrogens is 257 g/mol. The Balaban J connectivity index is 2.28. The van der Waals surface area contributed by atoms with Crippen molar-refractivity contribution in [3.05, 3.63) is 52.1 Å². The zero-order chi connectivity index (χ0) is 12.3. The Labute approximate surface area is 109 Å². The van der Waals surface area contributed by atoms with Gasteiger partial charge in [-0.05, 0) is 30.3 Å². The van der Waals surface area contributed by atoms with Gasteiger partial charge in [-0.2, -0.15) is 5.26 Å². The summed E-state index contributed by atoms with van der Waals surface area (Å²) in [5.74, 6) is 0.563. The van der Waals surface area contributed by atoms with E-state index in [9.17, 15) is 0 Å². The highest BCUT2D eigenvalue weighted by atomic mass is 35.5. The van der Waals surface area contributed by atoms with Gasteiger partial charge in [-0.25, -0.2) is 4.98 Å². The van der Waals surface area contributed by atoms with Gasteiger partial charge in [0, 0.05) is 5.02 Å². The second-order valence-electron chi connectivity index (χ2n) is 3.27. The Bertz CT molecular complexity index is 591. The lowest BCUT2D eigenvalue weighted by Gasteiger charge is -2.07. The summed E-state index contributed by atoms with van der Waals surface area (Å²) in [4.78, 5) is 4.09. The minimum Gasteiger partial charge on any atom is -0.339 e. The van der Waals surface area contributed by atoms with Gasteiger partial charge in [0.2, 0.25) is 0 Å². The van der Waals surface area contributed by atoms with Crippen molar-refractivity contribution in [2.75, 3.05) is 5.32 Å². The number of nitriles is 1. The van der Waals surface area contributed by atoms with Gasteiger partial charge in [-0.3, -0.25) is 0 Å². The van der Waals surface area contributed by atoms with E-state index < -0.39 is 0 Å². The molecule has 3 nitrogen and oxygen atoms in total. The molecule has 1 aromatic heterocycles. The van der Waals surface area contributed by atoms with E-state index in [4.69, 9.17) is 28.5 Å². The van der Waals surface area contributed by atoms with Crippen LogP contribution in [0.2, 0.25) is 10.0 Å². The average molecular weight is 264 g/mol. The van der Waals surface area contributed by atoms with Crippen molar-refractivity contribution in [2.24, 2.45) is 0 Å². The van der Waals surface area contributed by atoms with Crippen LogP contribution in [0.1, 0.15) is 5.69 Å². The number of hydrogen-bond acceptors (Lipinski definition) is 3. The standard InChI is InChI=1S/C12H7Cl2N3/c13-8-4-5-11(10(14)6-8)17-12-3-1-2-9(7-15)16-12/h1-6H,(H,16,17). The van der Waals surface area contributed by atoms with Gasteiger partial charge >= 0.3 is 0 Å². The predicted octanol–water partition coefficient (Wildman–Crippen LogP) is 4.00. The molecule has 0 spiro atoms. The lowest BCUT2D eigenvalue weighted by molar-refractivity contribution is 1.25. The number of hydrogen-bond donors (Lipinski definition) is 1. The minimum atomic E-state index is 0.347. The van der Waals surface area contributed by atoms with Crippen LogP contribution in [-0.4, -0.2) is 4.98 Å². The summed E-state index contributed by atoms with van der Waals surface area (Å²) in [5, 5.41) is 12.8. The van der Waals surface area contributed by atoms with Crippen molar-refractivity contribution >= 4 is 34.7 Å². The van der Waals surface area contributed by atoms with Crippen molar-refractivity contribution in [3.8, 4) is 6.07 Å². The molecule has 0 aliphatic rings. The third-order valence-corrected chi connectivity index (χ3v) is 2.61. The molecule has 0 aliphatic carbocycles. The van der Waals surface area contributed by atoms with Crippen molar-refractivity contribution in [1.29, 1.82) is 5.26 Å². The number of nitrogens with one attached hydrogen (secondary N) is 1. The summed E-state index contributed by atoms with van der Waals surface area (Å²) < 4.78 is 0. The molecule has 0 fully saturated rings. The fourth-order valence-electron chi connectivity index (χ4n) is 1.30. The van der Waals surface area contributed by atoms with Gasteiger partial charge in [0.25, 0.3) is 0 Å². The normalized spacial score (nSPS) is 9.71. The van der Waals surface area contributed by atoms with E-state index in [0.717, 1.165) is 0 Å². The second-order valence-corrected chi connectivity index (χ2v) is 4.11. The van der Waals surface area contributed by atoms with E-state index in [1.165, 1.54) is 0 Å². The van der Waals surface area contributed by atoms with Crippen LogP contribution in [0.15, 0.2) is 36.4 Å². The van der Waals surface area contributed by atoms with Crippen LogP contribution in [-0.2, 0) is 0 Å². The SMILES string of the molecule is N#Cc1cccc(Nc2ccc(Cl)cc2Cl)n1. The molecular formula is C12H7Cl2N3. The third-order valence-electron chi connectivity index (χ3n) is 2.06. The maximum Gasteiger partial charge on any atom is 0.142 e. The number of aromatic nitrogens is 1. The van der Waals surface area contributed by atoms with Gasteiger partial charge in [-0.15, -0.1) is 0 Å². The molecule has 2 rings (SSSR count). The summed E-state index contributed by atoms with van der Waals surface area (Å²) in [7, 11) is 0. The van der Waals surface area contributed by atoms with Gasteiger partial charge in [0.05, 0.1) is 10.7 Å². The lowest BCUT2D eigenvalue weighted by atomic mass is 10.3. The Morgan fingerprint density at radius 1 is 1.18 bits per heavy atom. The molecule has 0 unspecified atom stereocenters. The highest BCUT2D eigenvalue weighted by molar-refractivity contribution is 6.36. The third kappa shape index (κ3) is 2.88. The predicted molar refractivity (Wildman–Crippen MR) is 68.7 cm³/mol. The molecule has 0 amide bonds. The van der Waals surface area contributed by atoms with Crippen LogP contribution in [0, 0.1) is 11.3 Å². The van der Waals surface area contributed by atoms with Crippen molar-refractivity contribution in [2.45, 2.75) is 0 Å². The number of nitrogens with zero attached hydrogens (tertiary/aromatic N) is 2. The molecule has 17 heavy (non-hydrogen) atoms. The van der Waals surface area contributed by atoms with E-state index in [0.29, 0.717) is 27.2 Å². The lowest BCUT2D eigenvalue weighted by Crippen LogP contribution is -1.95. The van der Waals surface area contributed by atoms with Gasteiger partial charge in [0.1, 0.15) is 17.6 Å². The summed E-state index contributed by atoms with van der Waals surface area (Å²) in [5.41, 5.74) is 1.04. The Morgan fingerprint density at radius 2 is 2.00 bits per heavy atom. The van der Waals surface area contributed by atoms with Crippen molar-refractivity contribution in [1.82, 2.24) is 4.98 Å². The van der Waals surface area contributed by atoms with E-state index >= 15 is 0 Å². The van der Waals surface area contributed by atoms with Crippen LogP contribution in [0.4, 0.5) is 11.5 Å². The quantitative estimate of drug-likeness (QED) is 0.891. The van der Waals surface area contributed by atoms with Crippen LogP contribution in [0.25, 0.3) is 0 Å². The molecule has 2 aromatic rings. The monoisotopic (exact) mass is 263 g/mol. The summed E-state index contributed by atoms with van der Waals surface area (Å²) in [6.07, 6.45) is 0. The summed E-state index contributed by atoms with van der Waals surface area (Å²) >= 11 is 11.8. The molecule has 0 radical (unpaired) electrons. The Hall–Kier alpha value is -1.76. The fourth-order valence-corrected chi connectivity index (χ4v) is 1.75. The van der Waals surface area contributed by atoms with Crippen molar-refractivity contribution < 1.29 is 0 Å². The highest BCUT2D eigenvalue weighted by Gasteiger charge is 2.03. The van der Waals surface area contributed by atoms with Gasteiger partial charge in [-0.1, -0.05) is 29.3 Å². The molecule has 1 N–H and O–H groups in total. The molecule has 0 saturated heterocycles. The number of rotatable bonds is 2. The van der Waals surface area contributed by atoms with Gasteiger partial charge in [0.15, 0.2) is 0 Å².